The maximum atomic E-state index is 12.2. The fourth-order valence-electron chi connectivity index (χ4n) is 2.47. The summed E-state index contributed by atoms with van der Waals surface area (Å²) in [6, 6.07) is 0. The predicted octanol–water partition coefficient (Wildman–Crippen LogP) is 1.19. The molecule has 0 aliphatic carbocycles. The van der Waals surface area contributed by atoms with Gasteiger partial charge in [-0.15, -0.1) is 0 Å². The molecule has 96 valence electrons. The van der Waals surface area contributed by atoms with Gasteiger partial charge in [0.25, 0.3) is 0 Å². The number of nitrogens with zero attached hydrogens (tertiary/aromatic N) is 1. The number of sulfonamides is 1. The van der Waals surface area contributed by atoms with Crippen molar-refractivity contribution in [1.82, 2.24) is 9.62 Å². The smallest absolute Gasteiger partial charge is 0.214 e. The van der Waals surface area contributed by atoms with Crippen LogP contribution in [-0.4, -0.2) is 44.2 Å². The predicted molar refractivity (Wildman–Crippen MR) is 67.0 cm³/mol. The van der Waals surface area contributed by atoms with E-state index in [2.05, 4.69) is 5.32 Å². The van der Waals surface area contributed by atoms with Crippen LogP contribution >= 0.6 is 0 Å². The molecule has 4 nitrogen and oxygen atoms in total. The van der Waals surface area contributed by atoms with Gasteiger partial charge in [0, 0.05) is 18.6 Å². The van der Waals surface area contributed by atoms with Crippen LogP contribution < -0.4 is 5.32 Å². The molecule has 0 aromatic carbocycles. The molecule has 0 spiro atoms. The second-order valence-corrected chi connectivity index (χ2v) is 6.89. The van der Waals surface area contributed by atoms with Gasteiger partial charge >= 0.3 is 0 Å². The molecule has 0 aromatic heterocycles. The zero-order valence-corrected chi connectivity index (χ0v) is 11.4. The highest BCUT2D eigenvalue weighted by Crippen LogP contribution is 2.31. The summed E-state index contributed by atoms with van der Waals surface area (Å²) >= 11 is 0. The number of rotatable bonds is 6. The molecule has 0 saturated carbocycles. The van der Waals surface area contributed by atoms with Gasteiger partial charge in [-0.05, 0) is 33.2 Å². The van der Waals surface area contributed by atoms with Crippen molar-refractivity contribution < 1.29 is 8.42 Å². The van der Waals surface area contributed by atoms with Gasteiger partial charge in [-0.1, -0.05) is 13.3 Å². The van der Waals surface area contributed by atoms with Crippen LogP contribution in [0.3, 0.4) is 0 Å². The summed E-state index contributed by atoms with van der Waals surface area (Å²) in [6.45, 7) is 5.48. The van der Waals surface area contributed by atoms with E-state index in [1.165, 1.54) is 0 Å². The van der Waals surface area contributed by atoms with E-state index in [9.17, 15) is 8.42 Å². The first-order chi connectivity index (χ1) is 7.46. The van der Waals surface area contributed by atoms with E-state index >= 15 is 0 Å². The highest BCUT2D eigenvalue weighted by Gasteiger charge is 2.42. The van der Waals surface area contributed by atoms with E-state index in [0.29, 0.717) is 12.3 Å². The standard InChI is InChI=1S/C11H24N2O2S/c1-4-5-9-16(14,15)13-8-6-7-11(13,2)10-12-3/h12H,4-10H2,1-3H3. The maximum absolute atomic E-state index is 12.2. The van der Waals surface area contributed by atoms with Crippen LogP contribution in [0.4, 0.5) is 0 Å². The molecule has 1 aliphatic rings. The Balaban J connectivity index is 2.78. The van der Waals surface area contributed by atoms with Gasteiger partial charge in [-0.25, -0.2) is 8.42 Å². The third kappa shape index (κ3) is 2.96. The van der Waals surface area contributed by atoms with Crippen molar-refractivity contribution in [3.63, 3.8) is 0 Å². The van der Waals surface area contributed by atoms with Gasteiger partial charge in [0.1, 0.15) is 0 Å². The third-order valence-electron chi connectivity index (χ3n) is 3.33. The van der Waals surface area contributed by atoms with Crippen molar-refractivity contribution in [3.8, 4) is 0 Å². The first-order valence-electron chi connectivity index (χ1n) is 6.11. The lowest BCUT2D eigenvalue weighted by atomic mass is 10.0. The van der Waals surface area contributed by atoms with Crippen LogP contribution in [0.15, 0.2) is 0 Å². The second-order valence-electron chi connectivity index (χ2n) is 4.87. The second kappa shape index (κ2) is 5.47. The first kappa shape index (κ1) is 13.9. The number of unbranched alkanes of at least 4 members (excludes halogenated alkanes) is 1. The number of hydrogen-bond acceptors (Lipinski definition) is 3. The Labute approximate surface area is 99.5 Å². The fourth-order valence-corrected chi connectivity index (χ4v) is 4.58. The van der Waals surface area contributed by atoms with Crippen molar-refractivity contribution >= 4 is 10.0 Å². The summed E-state index contributed by atoms with van der Waals surface area (Å²) in [4.78, 5) is 0. The molecular formula is C11H24N2O2S. The van der Waals surface area contributed by atoms with E-state index in [1.807, 2.05) is 20.9 Å². The molecule has 0 bridgehead atoms. The van der Waals surface area contributed by atoms with Crippen LogP contribution in [0, 0.1) is 0 Å². The molecule has 1 fully saturated rings. The number of likely N-dealkylation sites (N-methyl/N-ethyl adjacent to an activating group) is 1. The normalized spacial score (nSPS) is 27.4. The minimum atomic E-state index is -3.06. The van der Waals surface area contributed by atoms with Crippen molar-refractivity contribution in [2.45, 2.75) is 45.1 Å². The SMILES string of the molecule is CCCCS(=O)(=O)N1CCCC1(C)CNC. The lowest BCUT2D eigenvalue weighted by molar-refractivity contribution is 0.260. The summed E-state index contributed by atoms with van der Waals surface area (Å²) in [5, 5.41) is 3.10. The zero-order valence-electron chi connectivity index (χ0n) is 10.6. The Morgan fingerprint density at radius 3 is 2.69 bits per heavy atom. The molecule has 0 radical (unpaired) electrons. The molecule has 1 heterocycles. The topological polar surface area (TPSA) is 49.4 Å². The summed E-state index contributed by atoms with van der Waals surface area (Å²) in [5.41, 5.74) is -0.221. The fraction of sp³-hybridized carbons (Fsp3) is 1.00. The number of nitrogens with one attached hydrogen (secondary N) is 1. The van der Waals surface area contributed by atoms with Crippen LogP contribution in [0.2, 0.25) is 0 Å². The molecule has 1 saturated heterocycles. The Morgan fingerprint density at radius 1 is 1.44 bits per heavy atom. The van der Waals surface area contributed by atoms with Crippen LogP contribution in [0.5, 0.6) is 0 Å². The van der Waals surface area contributed by atoms with Crippen LogP contribution in [-0.2, 0) is 10.0 Å². The van der Waals surface area contributed by atoms with Gasteiger partial charge in [0.05, 0.1) is 5.75 Å². The lowest BCUT2D eigenvalue weighted by Crippen LogP contribution is -2.51. The van der Waals surface area contributed by atoms with Gasteiger partial charge in [-0.2, -0.15) is 4.31 Å². The maximum Gasteiger partial charge on any atom is 0.214 e. The highest BCUT2D eigenvalue weighted by atomic mass is 32.2. The monoisotopic (exact) mass is 248 g/mol. The minimum absolute atomic E-state index is 0.221. The van der Waals surface area contributed by atoms with Crippen molar-refractivity contribution in [2.24, 2.45) is 0 Å². The van der Waals surface area contributed by atoms with Gasteiger partial charge in [-0.3, -0.25) is 0 Å². The lowest BCUT2D eigenvalue weighted by Gasteiger charge is -2.34. The van der Waals surface area contributed by atoms with E-state index in [0.717, 1.165) is 32.2 Å². The van der Waals surface area contributed by atoms with Crippen LogP contribution in [0.25, 0.3) is 0 Å². The quantitative estimate of drug-likeness (QED) is 0.768. The minimum Gasteiger partial charge on any atom is -0.318 e. The summed E-state index contributed by atoms with van der Waals surface area (Å²) in [6.07, 6.45) is 3.62. The molecule has 0 amide bonds. The summed E-state index contributed by atoms with van der Waals surface area (Å²) < 4.78 is 26.1. The van der Waals surface area contributed by atoms with Crippen molar-refractivity contribution in [1.29, 1.82) is 0 Å². The Hall–Kier alpha value is -0.130. The highest BCUT2D eigenvalue weighted by molar-refractivity contribution is 7.89. The first-order valence-corrected chi connectivity index (χ1v) is 7.72. The molecule has 1 atom stereocenters. The summed E-state index contributed by atoms with van der Waals surface area (Å²) in [5.74, 6) is 0.294. The Morgan fingerprint density at radius 2 is 2.12 bits per heavy atom. The van der Waals surface area contributed by atoms with Crippen molar-refractivity contribution in [2.75, 3.05) is 25.9 Å². The molecule has 5 heteroatoms. The summed E-state index contributed by atoms with van der Waals surface area (Å²) in [7, 11) is -1.18. The van der Waals surface area contributed by atoms with E-state index in [4.69, 9.17) is 0 Å². The van der Waals surface area contributed by atoms with E-state index < -0.39 is 10.0 Å². The molecule has 16 heavy (non-hydrogen) atoms. The molecule has 1 aliphatic heterocycles. The third-order valence-corrected chi connectivity index (χ3v) is 5.43. The molecular weight excluding hydrogens is 224 g/mol. The van der Waals surface area contributed by atoms with Crippen LogP contribution in [0.1, 0.15) is 39.5 Å². The molecule has 0 aromatic rings. The largest absolute Gasteiger partial charge is 0.318 e. The van der Waals surface area contributed by atoms with Gasteiger partial charge < -0.3 is 5.32 Å². The zero-order chi connectivity index (χ0) is 12.2. The molecule has 1 rings (SSSR count). The van der Waals surface area contributed by atoms with E-state index in [1.54, 1.807) is 4.31 Å². The van der Waals surface area contributed by atoms with Gasteiger partial charge in [0.15, 0.2) is 0 Å². The van der Waals surface area contributed by atoms with Gasteiger partial charge in [0.2, 0.25) is 10.0 Å². The Kier molecular flexibility index (Phi) is 4.76. The molecule has 1 N–H and O–H groups in total. The Bertz CT molecular complexity index is 316. The average molecular weight is 248 g/mol. The van der Waals surface area contributed by atoms with E-state index in [-0.39, 0.29) is 5.54 Å². The number of hydrogen-bond donors (Lipinski definition) is 1. The average Bonchev–Trinajstić information content (AvgIpc) is 2.58. The van der Waals surface area contributed by atoms with Crippen molar-refractivity contribution in [3.05, 3.63) is 0 Å². The molecule has 1 unspecified atom stereocenters.